The van der Waals surface area contributed by atoms with Gasteiger partial charge in [0, 0.05) is 11.1 Å². The second-order valence-electron chi connectivity index (χ2n) is 6.04. The minimum absolute atomic E-state index is 0.0185. The molecule has 0 aliphatic heterocycles. The van der Waals surface area contributed by atoms with Crippen molar-refractivity contribution in [1.82, 2.24) is 4.98 Å². The Morgan fingerprint density at radius 3 is 2.48 bits per heavy atom. The zero-order chi connectivity index (χ0) is 15.7. The Morgan fingerprint density at radius 2 is 1.95 bits per heavy atom. The lowest BCUT2D eigenvalue weighted by molar-refractivity contribution is 0.0697. The molecule has 0 spiro atoms. The highest BCUT2D eigenvalue weighted by atomic mass is 19.1. The van der Waals surface area contributed by atoms with Crippen LogP contribution < -0.4 is 0 Å². The molecule has 1 aromatic heterocycles. The molecule has 1 heterocycles. The molecular weight excluding hydrogens is 269 g/mol. The van der Waals surface area contributed by atoms with Crippen LogP contribution in [-0.2, 0) is 6.42 Å². The van der Waals surface area contributed by atoms with E-state index in [9.17, 15) is 14.3 Å². The first-order valence-electron chi connectivity index (χ1n) is 7.17. The molecule has 21 heavy (non-hydrogen) atoms. The summed E-state index contributed by atoms with van der Waals surface area (Å²) in [7, 11) is 0. The van der Waals surface area contributed by atoms with Gasteiger partial charge in [-0.25, -0.2) is 14.2 Å². The lowest BCUT2D eigenvalue weighted by Crippen LogP contribution is -2.13. The highest BCUT2D eigenvalue weighted by Gasteiger charge is 2.23. The maximum absolute atomic E-state index is 14.0. The van der Waals surface area contributed by atoms with Gasteiger partial charge in [0.2, 0.25) is 0 Å². The molecule has 0 amide bonds. The first-order valence-corrected chi connectivity index (χ1v) is 7.17. The smallest absolute Gasteiger partial charge is 0.336 e. The van der Waals surface area contributed by atoms with Crippen LogP contribution >= 0.6 is 0 Å². The number of rotatable bonds is 4. The zero-order valence-electron chi connectivity index (χ0n) is 12.8. The minimum Gasteiger partial charge on any atom is -0.478 e. The first-order chi connectivity index (χ1) is 9.82. The fourth-order valence-electron chi connectivity index (χ4n) is 2.71. The number of halogens is 1. The molecule has 0 unspecified atom stereocenters. The number of aromatic carboxylic acids is 1. The van der Waals surface area contributed by atoms with Crippen molar-refractivity contribution in [2.75, 3.05) is 0 Å². The maximum atomic E-state index is 14.0. The molecule has 0 atom stereocenters. The van der Waals surface area contributed by atoms with Crippen molar-refractivity contribution >= 4 is 16.9 Å². The Kier molecular flexibility index (Phi) is 4.26. The van der Waals surface area contributed by atoms with Gasteiger partial charge in [0.15, 0.2) is 0 Å². The number of nitrogens with zero attached hydrogens (tertiary/aromatic N) is 1. The quantitative estimate of drug-likeness (QED) is 0.908. The van der Waals surface area contributed by atoms with E-state index >= 15 is 0 Å². The molecule has 0 aliphatic carbocycles. The van der Waals surface area contributed by atoms with Gasteiger partial charge < -0.3 is 5.11 Å². The van der Waals surface area contributed by atoms with Gasteiger partial charge in [0.25, 0.3) is 0 Å². The summed E-state index contributed by atoms with van der Waals surface area (Å²) < 4.78 is 14.0. The molecule has 0 fully saturated rings. The molecule has 0 radical (unpaired) electrons. The van der Waals surface area contributed by atoms with Crippen molar-refractivity contribution in [3.63, 3.8) is 0 Å². The fourth-order valence-corrected chi connectivity index (χ4v) is 2.71. The SMILES string of the molecule is CC(C)Cc1nc2c(F)cccc2c(C(=O)O)c1C(C)C. The van der Waals surface area contributed by atoms with Crippen LogP contribution in [0.1, 0.15) is 55.2 Å². The number of carboxylic acid groups (broad SMARTS) is 1. The Morgan fingerprint density at radius 1 is 1.29 bits per heavy atom. The monoisotopic (exact) mass is 289 g/mol. The number of carboxylic acids is 1. The van der Waals surface area contributed by atoms with E-state index < -0.39 is 11.8 Å². The normalized spacial score (nSPS) is 11.6. The lowest BCUT2D eigenvalue weighted by Gasteiger charge is -2.18. The summed E-state index contributed by atoms with van der Waals surface area (Å²) in [6, 6.07) is 4.47. The molecule has 0 bridgehead atoms. The average Bonchev–Trinajstić information content (AvgIpc) is 2.37. The Balaban J connectivity index is 2.91. The molecule has 2 aromatic rings. The first kappa shape index (κ1) is 15.4. The van der Waals surface area contributed by atoms with E-state index in [1.165, 1.54) is 12.1 Å². The molecule has 1 N–H and O–H groups in total. The molecule has 2 rings (SSSR count). The molecule has 0 saturated heterocycles. The van der Waals surface area contributed by atoms with Gasteiger partial charge in [-0.05, 0) is 29.9 Å². The van der Waals surface area contributed by atoms with Gasteiger partial charge in [-0.1, -0.05) is 39.8 Å². The highest BCUT2D eigenvalue weighted by molar-refractivity contribution is 6.04. The largest absolute Gasteiger partial charge is 0.478 e. The number of aromatic nitrogens is 1. The van der Waals surface area contributed by atoms with E-state index in [1.54, 1.807) is 6.07 Å². The molecule has 3 nitrogen and oxygen atoms in total. The van der Waals surface area contributed by atoms with Gasteiger partial charge in [-0.3, -0.25) is 0 Å². The van der Waals surface area contributed by atoms with E-state index in [0.29, 0.717) is 29.0 Å². The van der Waals surface area contributed by atoms with E-state index in [0.717, 1.165) is 0 Å². The van der Waals surface area contributed by atoms with Gasteiger partial charge in [0.1, 0.15) is 11.3 Å². The van der Waals surface area contributed by atoms with Crippen LogP contribution in [0.15, 0.2) is 18.2 Å². The number of carbonyl (C=O) groups is 1. The maximum Gasteiger partial charge on any atom is 0.336 e. The minimum atomic E-state index is -1.03. The Hall–Kier alpha value is -1.97. The number of fused-ring (bicyclic) bond motifs is 1. The number of para-hydroxylation sites is 1. The van der Waals surface area contributed by atoms with Crippen molar-refractivity contribution in [1.29, 1.82) is 0 Å². The number of pyridine rings is 1. The van der Waals surface area contributed by atoms with Crippen molar-refractivity contribution in [2.24, 2.45) is 5.92 Å². The van der Waals surface area contributed by atoms with Crippen molar-refractivity contribution in [2.45, 2.75) is 40.0 Å². The predicted molar refractivity (Wildman–Crippen MR) is 81.3 cm³/mol. The Labute approximate surface area is 123 Å². The highest BCUT2D eigenvalue weighted by Crippen LogP contribution is 2.31. The number of hydrogen-bond acceptors (Lipinski definition) is 2. The zero-order valence-corrected chi connectivity index (χ0v) is 12.8. The van der Waals surface area contributed by atoms with Crippen LogP contribution in [0.4, 0.5) is 4.39 Å². The van der Waals surface area contributed by atoms with Crippen LogP contribution in [0.2, 0.25) is 0 Å². The summed E-state index contributed by atoms with van der Waals surface area (Å²) in [5.74, 6) is -1.16. The second kappa shape index (κ2) is 5.80. The van der Waals surface area contributed by atoms with Gasteiger partial charge in [0.05, 0.1) is 5.56 Å². The summed E-state index contributed by atoms with van der Waals surface area (Å²) in [5.41, 5.74) is 1.74. The van der Waals surface area contributed by atoms with Crippen LogP contribution in [-0.4, -0.2) is 16.1 Å². The van der Waals surface area contributed by atoms with Crippen LogP contribution in [0.3, 0.4) is 0 Å². The molecular formula is C17H20FNO2. The third-order valence-corrected chi connectivity index (χ3v) is 3.48. The van der Waals surface area contributed by atoms with Crippen LogP contribution in [0.25, 0.3) is 10.9 Å². The van der Waals surface area contributed by atoms with E-state index in [4.69, 9.17) is 0 Å². The summed E-state index contributed by atoms with van der Waals surface area (Å²) in [6.07, 6.45) is 0.637. The molecule has 4 heteroatoms. The number of hydrogen-bond donors (Lipinski definition) is 1. The average molecular weight is 289 g/mol. The van der Waals surface area contributed by atoms with Crippen LogP contribution in [0.5, 0.6) is 0 Å². The summed E-state index contributed by atoms with van der Waals surface area (Å²) in [6.45, 7) is 7.96. The third-order valence-electron chi connectivity index (χ3n) is 3.48. The third kappa shape index (κ3) is 2.89. The number of benzene rings is 1. The molecule has 0 saturated carbocycles. The Bertz CT molecular complexity index is 693. The van der Waals surface area contributed by atoms with Crippen LogP contribution in [0, 0.1) is 11.7 Å². The second-order valence-corrected chi connectivity index (χ2v) is 6.04. The summed E-state index contributed by atoms with van der Waals surface area (Å²) in [5, 5.41) is 9.99. The standard InChI is InChI=1S/C17H20FNO2/c1-9(2)8-13-14(10(3)4)15(17(20)21)11-6-5-7-12(18)16(11)19-13/h5-7,9-10H,8H2,1-4H3,(H,20,21). The molecule has 0 aliphatic rings. The van der Waals surface area contributed by atoms with E-state index in [2.05, 4.69) is 4.98 Å². The van der Waals surface area contributed by atoms with Gasteiger partial charge in [-0.2, -0.15) is 0 Å². The predicted octanol–water partition coefficient (Wildman–Crippen LogP) is 4.39. The van der Waals surface area contributed by atoms with Crippen molar-refractivity contribution in [3.8, 4) is 0 Å². The topological polar surface area (TPSA) is 50.2 Å². The fraction of sp³-hybridized carbons (Fsp3) is 0.412. The summed E-state index contributed by atoms with van der Waals surface area (Å²) >= 11 is 0. The van der Waals surface area contributed by atoms with E-state index in [1.807, 2.05) is 27.7 Å². The molecule has 1 aromatic carbocycles. The van der Waals surface area contributed by atoms with E-state index in [-0.39, 0.29) is 17.0 Å². The lowest BCUT2D eigenvalue weighted by atomic mass is 9.89. The molecule has 112 valence electrons. The van der Waals surface area contributed by atoms with Crippen molar-refractivity contribution in [3.05, 3.63) is 40.8 Å². The summed E-state index contributed by atoms with van der Waals surface area (Å²) in [4.78, 5) is 16.2. The van der Waals surface area contributed by atoms with Gasteiger partial charge >= 0.3 is 5.97 Å². The van der Waals surface area contributed by atoms with Crippen molar-refractivity contribution < 1.29 is 14.3 Å². The van der Waals surface area contributed by atoms with Gasteiger partial charge in [-0.15, -0.1) is 0 Å².